The van der Waals surface area contributed by atoms with Crippen molar-refractivity contribution in [3.8, 4) is 0 Å². The summed E-state index contributed by atoms with van der Waals surface area (Å²) in [5.41, 5.74) is 3.48. The van der Waals surface area contributed by atoms with E-state index in [4.69, 9.17) is 16.1 Å². The SMILES string of the molecule is Cc1cc(C)c(NC(=O)c2sc(C)cc2S(=O)(=O)Nc2onc(C)c2Cl)c(C(C)CO)c1. The Labute approximate surface area is 195 Å². The van der Waals surface area contributed by atoms with Crippen LogP contribution in [-0.4, -0.2) is 31.2 Å². The van der Waals surface area contributed by atoms with Gasteiger partial charge in [0.2, 0.25) is 0 Å². The normalized spacial score (nSPS) is 12.6. The fourth-order valence-corrected chi connectivity index (χ4v) is 5.94. The van der Waals surface area contributed by atoms with Crippen LogP contribution in [0.2, 0.25) is 5.02 Å². The molecule has 1 aromatic carbocycles. The standard InChI is InChI=1S/C21H24ClN3O5S2/c1-10-6-11(2)18(15(7-10)12(3)9-26)23-20(27)19-16(8-13(4)31-19)32(28,29)25-21-17(22)14(5)24-30-21/h6-8,12,25-26H,9H2,1-5H3,(H,23,27). The molecule has 0 bridgehead atoms. The molecule has 0 radical (unpaired) electrons. The lowest BCUT2D eigenvalue weighted by Gasteiger charge is -2.19. The average molecular weight is 498 g/mol. The number of anilines is 2. The molecule has 1 unspecified atom stereocenters. The van der Waals surface area contributed by atoms with Gasteiger partial charge in [-0.15, -0.1) is 11.3 Å². The summed E-state index contributed by atoms with van der Waals surface area (Å²) >= 11 is 7.09. The van der Waals surface area contributed by atoms with E-state index in [1.807, 2.05) is 32.9 Å². The minimum atomic E-state index is -4.18. The quantitative estimate of drug-likeness (QED) is 0.432. The van der Waals surface area contributed by atoms with E-state index in [9.17, 15) is 18.3 Å². The van der Waals surface area contributed by atoms with Crippen LogP contribution in [-0.2, 0) is 10.0 Å². The van der Waals surface area contributed by atoms with Gasteiger partial charge >= 0.3 is 0 Å². The second kappa shape index (κ2) is 9.22. The highest BCUT2D eigenvalue weighted by molar-refractivity contribution is 7.93. The number of hydrogen-bond donors (Lipinski definition) is 3. The van der Waals surface area contributed by atoms with Crippen molar-refractivity contribution in [2.75, 3.05) is 16.6 Å². The number of thiophene rings is 1. The summed E-state index contributed by atoms with van der Waals surface area (Å²) in [4.78, 5) is 13.7. The van der Waals surface area contributed by atoms with E-state index in [0.29, 0.717) is 16.3 Å². The molecule has 3 aromatic rings. The van der Waals surface area contributed by atoms with Gasteiger partial charge in [0.05, 0.1) is 0 Å². The zero-order valence-electron chi connectivity index (χ0n) is 18.2. The molecular formula is C21H24ClN3O5S2. The summed E-state index contributed by atoms with van der Waals surface area (Å²) in [6, 6.07) is 5.23. The van der Waals surface area contributed by atoms with Crippen molar-refractivity contribution in [1.82, 2.24) is 5.16 Å². The lowest BCUT2D eigenvalue weighted by molar-refractivity contribution is 0.102. The average Bonchev–Trinajstić information content (AvgIpc) is 3.27. The van der Waals surface area contributed by atoms with Gasteiger partial charge in [-0.3, -0.25) is 4.79 Å². The number of hydrogen-bond acceptors (Lipinski definition) is 7. The maximum absolute atomic E-state index is 13.2. The van der Waals surface area contributed by atoms with Crippen molar-refractivity contribution in [2.24, 2.45) is 0 Å². The van der Waals surface area contributed by atoms with E-state index in [-0.39, 0.29) is 33.2 Å². The smallest absolute Gasteiger partial charge is 0.267 e. The molecule has 32 heavy (non-hydrogen) atoms. The topological polar surface area (TPSA) is 122 Å². The summed E-state index contributed by atoms with van der Waals surface area (Å²) < 4.78 is 33.2. The molecule has 2 aromatic heterocycles. The molecule has 1 amide bonds. The second-order valence-corrected chi connectivity index (χ2v) is 10.9. The van der Waals surface area contributed by atoms with Crippen LogP contribution in [0.3, 0.4) is 0 Å². The highest BCUT2D eigenvalue weighted by atomic mass is 35.5. The summed E-state index contributed by atoms with van der Waals surface area (Å²) in [5.74, 6) is -0.995. The molecule has 11 heteroatoms. The molecule has 0 saturated heterocycles. The van der Waals surface area contributed by atoms with Crippen molar-refractivity contribution < 1.29 is 22.8 Å². The monoisotopic (exact) mass is 497 g/mol. The number of carbonyl (C=O) groups excluding carboxylic acids is 1. The van der Waals surface area contributed by atoms with E-state index >= 15 is 0 Å². The first kappa shape index (κ1) is 24.2. The number of aliphatic hydroxyl groups excluding tert-OH is 1. The fraction of sp³-hybridized carbons (Fsp3) is 0.333. The van der Waals surface area contributed by atoms with Crippen molar-refractivity contribution in [3.63, 3.8) is 0 Å². The third kappa shape index (κ3) is 4.83. The maximum Gasteiger partial charge on any atom is 0.267 e. The number of amides is 1. The number of carbonyl (C=O) groups is 1. The Kier molecular flexibility index (Phi) is 6.99. The van der Waals surface area contributed by atoms with Gasteiger partial charge in [-0.1, -0.05) is 41.4 Å². The number of benzene rings is 1. The summed E-state index contributed by atoms with van der Waals surface area (Å²) in [7, 11) is -4.18. The van der Waals surface area contributed by atoms with Gasteiger partial charge in [0.1, 0.15) is 20.5 Å². The Morgan fingerprint density at radius 1 is 1.25 bits per heavy atom. The van der Waals surface area contributed by atoms with E-state index in [1.54, 1.807) is 13.8 Å². The van der Waals surface area contributed by atoms with E-state index in [1.165, 1.54) is 6.07 Å². The largest absolute Gasteiger partial charge is 0.396 e. The highest BCUT2D eigenvalue weighted by Crippen LogP contribution is 2.34. The zero-order chi connectivity index (χ0) is 23.8. The predicted octanol–water partition coefficient (Wildman–Crippen LogP) is 4.77. The molecule has 2 heterocycles. The van der Waals surface area contributed by atoms with Crippen molar-refractivity contribution >= 4 is 50.4 Å². The fourth-order valence-electron chi connectivity index (χ4n) is 3.28. The van der Waals surface area contributed by atoms with Crippen LogP contribution in [0.1, 0.15) is 49.8 Å². The highest BCUT2D eigenvalue weighted by Gasteiger charge is 2.29. The molecule has 172 valence electrons. The lowest BCUT2D eigenvalue weighted by atomic mass is 9.95. The minimum absolute atomic E-state index is 0.0185. The molecule has 0 saturated carbocycles. The van der Waals surface area contributed by atoms with Gasteiger partial charge < -0.3 is 14.9 Å². The summed E-state index contributed by atoms with van der Waals surface area (Å²) in [5, 5.41) is 16.2. The van der Waals surface area contributed by atoms with Gasteiger partial charge in [-0.25, -0.2) is 13.1 Å². The second-order valence-electron chi connectivity index (χ2n) is 7.65. The minimum Gasteiger partial charge on any atom is -0.396 e. The molecule has 3 rings (SSSR count). The first-order chi connectivity index (χ1) is 14.9. The van der Waals surface area contributed by atoms with Gasteiger partial charge in [-0.2, -0.15) is 0 Å². The lowest BCUT2D eigenvalue weighted by Crippen LogP contribution is -2.20. The van der Waals surface area contributed by atoms with Crippen LogP contribution >= 0.6 is 22.9 Å². The van der Waals surface area contributed by atoms with Gasteiger partial charge in [0, 0.05) is 23.1 Å². The number of aromatic nitrogens is 1. The van der Waals surface area contributed by atoms with Crippen LogP contribution < -0.4 is 10.0 Å². The number of aryl methyl sites for hydroxylation is 4. The number of aliphatic hydroxyl groups is 1. The van der Waals surface area contributed by atoms with Gasteiger partial charge in [0.15, 0.2) is 0 Å². The van der Waals surface area contributed by atoms with Crippen molar-refractivity contribution in [1.29, 1.82) is 0 Å². The summed E-state index contributed by atoms with van der Waals surface area (Å²) in [6.07, 6.45) is 0. The summed E-state index contributed by atoms with van der Waals surface area (Å²) in [6.45, 7) is 8.83. The molecule has 0 aliphatic rings. The van der Waals surface area contributed by atoms with Crippen LogP contribution in [0.4, 0.5) is 11.6 Å². The number of halogens is 1. The van der Waals surface area contributed by atoms with E-state index in [2.05, 4.69) is 15.2 Å². The molecule has 0 aliphatic heterocycles. The Bertz CT molecular complexity index is 1280. The van der Waals surface area contributed by atoms with Gasteiger partial charge in [0.25, 0.3) is 21.8 Å². The van der Waals surface area contributed by atoms with Crippen LogP contribution in [0.5, 0.6) is 0 Å². The Balaban J connectivity index is 1.99. The van der Waals surface area contributed by atoms with E-state index in [0.717, 1.165) is 28.0 Å². The molecule has 3 N–H and O–H groups in total. The molecular weight excluding hydrogens is 474 g/mol. The van der Waals surface area contributed by atoms with Gasteiger partial charge in [-0.05, 0) is 44.9 Å². The zero-order valence-corrected chi connectivity index (χ0v) is 20.6. The first-order valence-corrected chi connectivity index (χ1v) is 12.4. The van der Waals surface area contributed by atoms with E-state index < -0.39 is 15.9 Å². The Morgan fingerprint density at radius 2 is 1.94 bits per heavy atom. The van der Waals surface area contributed by atoms with Crippen LogP contribution in [0.15, 0.2) is 27.6 Å². The molecule has 0 fully saturated rings. The van der Waals surface area contributed by atoms with Crippen LogP contribution in [0.25, 0.3) is 0 Å². The number of nitrogens with zero attached hydrogens (tertiary/aromatic N) is 1. The molecule has 1 atom stereocenters. The molecule has 0 aliphatic carbocycles. The molecule has 0 spiro atoms. The predicted molar refractivity (Wildman–Crippen MR) is 125 cm³/mol. The number of sulfonamides is 1. The third-order valence-electron chi connectivity index (χ3n) is 4.89. The maximum atomic E-state index is 13.2. The Hall–Kier alpha value is -2.40. The molecule has 8 nitrogen and oxygen atoms in total. The van der Waals surface area contributed by atoms with Crippen LogP contribution in [0, 0.1) is 27.7 Å². The number of rotatable bonds is 7. The van der Waals surface area contributed by atoms with Crippen molar-refractivity contribution in [3.05, 3.63) is 55.4 Å². The number of nitrogens with one attached hydrogen (secondary N) is 2. The Morgan fingerprint density at radius 3 is 2.53 bits per heavy atom. The third-order valence-corrected chi connectivity index (χ3v) is 7.87. The van der Waals surface area contributed by atoms with Crippen molar-refractivity contribution in [2.45, 2.75) is 45.4 Å². The first-order valence-electron chi connectivity index (χ1n) is 9.73.